The van der Waals surface area contributed by atoms with Crippen molar-refractivity contribution >= 4 is 11.9 Å². The van der Waals surface area contributed by atoms with E-state index in [0.717, 1.165) is 52.9 Å². The smallest absolute Gasteiger partial charge is 0.405 e. The molecule has 0 saturated heterocycles. The van der Waals surface area contributed by atoms with Gasteiger partial charge in [0.25, 0.3) is 0 Å². The highest BCUT2D eigenvalue weighted by molar-refractivity contribution is 5.82. The Labute approximate surface area is 232 Å². The van der Waals surface area contributed by atoms with Gasteiger partial charge in [-0.05, 0) is 73.9 Å². The molecule has 1 aliphatic carbocycles. The summed E-state index contributed by atoms with van der Waals surface area (Å²) in [4.78, 5) is 21.1. The van der Waals surface area contributed by atoms with Crippen LogP contribution in [0.3, 0.4) is 0 Å². The minimum Gasteiger partial charge on any atom is -0.444 e. The van der Waals surface area contributed by atoms with Crippen molar-refractivity contribution in [2.24, 2.45) is 5.73 Å². The lowest BCUT2D eigenvalue weighted by molar-refractivity contribution is 0.00510. The summed E-state index contributed by atoms with van der Waals surface area (Å²) in [6.07, 6.45) is 7.02. The Morgan fingerprint density at radius 1 is 0.975 bits per heavy atom. The van der Waals surface area contributed by atoms with Crippen LogP contribution < -0.4 is 5.73 Å². The number of ether oxygens (including phenoxy) is 1. The number of nitrogens with zero attached hydrogens (tertiary/aromatic N) is 3. The van der Waals surface area contributed by atoms with E-state index in [0.29, 0.717) is 12.2 Å². The van der Waals surface area contributed by atoms with Gasteiger partial charge in [-0.25, -0.2) is 19.2 Å². The van der Waals surface area contributed by atoms with Gasteiger partial charge in [-0.1, -0.05) is 61.0 Å². The summed E-state index contributed by atoms with van der Waals surface area (Å²) in [6.45, 7) is 3.84. The van der Waals surface area contributed by atoms with Gasteiger partial charge in [-0.15, -0.1) is 0 Å². The Bertz CT molecular complexity index is 1670. The summed E-state index contributed by atoms with van der Waals surface area (Å²) < 4.78 is 21.0. The molecule has 0 radical (unpaired) electrons. The van der Waals surface area contributed by atoms with Gasteiger partial charge in [0.05, 0.1) is 17.6 Å². The van der Waals surface area contributed by atoms with Crippen LogP contribution in [0.15, 0.2) is 91.3 Å². The molecule has 3 aromatic carbocycles. The second-order valence-corrected chi connectivity index (χ2v) is 11.3. The summed E-state index contributed by atoms with van der Waals surface area (Å²) in [5.41, 5.74) is 11.4. The lowest BCUT2D eigenvalue weighted by atomic mass is 9.60. The highest BCUT2D eigenvalue weighted by Gasteiger charge is 2.44. The number of carbonyl (C=O) groups is 1. The van der Waals surface area contributed by atoms with Gasteiger partial charge >= 0.3 is 6.09 Å². The van der Waals surface area contributed by atoms with Crippen LogP contribution in [0.5, 0.6) is 0 Å². The first-order valence-electron chi connectivity index (χ1n) is 13.5. The topological polar surface area (TPSA) is 82.5 Å². The van der Waals surface area contributed by atoms with E-state index in [1.165, 1.54) is 17.7 Å². The van der Waals surface area contributed by atoms with Crippen molar-refractivity contribution in [3.05, 3.63) is 103 Å². The van der Waals surface area contributed by atoms with E-state index in [1.54, 1.807) is 18.3 Å². The van der Waals surface area contributed by atoms with Crippen LogP contribution in [0.1, 0.15) is 45.1 Å². The predicted octanol–water partition coefficient (Wildman–Crippen LogP) is 7.56. The molecule has 1 fully saturated rings. The Morgan fingerprint density at radius 3 is 2.27 bits per heavy atom. The molecule has 1 amide bonds. The molecule has 40 heavy (non-hydrogen) atoms. The van der Waals surface area contributed by atoms with Crippen molar-refractivity contribution in [1.29, 1.82) is 0 Å². The number of nitrogens with two attached hydrogens (primary N) is 1. The number of aromatic nitrogens is 3. The fourth-order valence-corrected chi connectivity index (χ4v) is 6.07. The van der Waals surface area contributed by atoms with E-state index in [2.05, 4.69) is 47.6 Å². The number of carbonyl (C=O) groups excluding carboxylic acids is 1. The molecule has 6 nitrogen and oxygen atoms in total. The van der Waals surface area contributed by atoms with Crippen LogP contribution in [0.4, 0.5) is 9.18 Å². The number of hydrogen-bond acceptors (Lipinski definition) is 4. The van der Waals surface area contributed by atoms with Gasteiger partial charge in [-0.3, -0.25) is 4.40 Å². The molecular weight excluding hydrogens is 503 g/mol. The highest BCUT2D eigenvalue weighted by Crippen LogP contribution is 2.50. The maximum absolute atomic E-state index is 13.6. The molecular formula is C33H31FN4O2. The quantitative estimate of drug-likeness (QED) is 0.234. The molecule has 1 aliphatic rings. The maximum Gasteiger partial charge on any atom is 0.405 e. The van der Waals surface area contributed by atoms with E-state index in [-0.39, 0.29) is 11.2 Å². The van der Waals surface area contributed by atoms with Crippen molar-refractivity contribution in [3.8, 4) is 33.6 Å². The zero-order chi connectivity index (χ0) is 27.9. The van der Waals surface area contributed by atoms with Crippen molar-refractivity contribution in [3.63, 3.8) is 0 Å². The average Bonchev–Trinajstić information content (AvgIpc) is 3.33. The summed E-state index contributed by atoms with van der Waals surface area (Å²) in [6, 6.07) is 25.1. The normalized spacial score (nSPS) is 14.6. The lowest BCUT2D eigenvalue weighted by Crippen LogP contribution is -2.44. The molecule has 202 valence electrons. The van der Waals surface area contributed by atoms with E-state index >= 15 is 0 Å². The molecule has 0 aliphatic heterocycles. The molecule has 2 aromatic heterocycles. The fraction of sp³-hybridized carbons (Fsp3) is 0.242. The Balaban J connectivity index is 1.41. The molecule has 0 spiro atoms. The number of hydrogen-bond donors (Lipinski definition) is 1. The van der Waals surface area contributed by atoms with Gasteiger partial charge in [0.1, 0.15) is 11.4 Å². The lowest BCUT2D eigenvalue weighted by Gasteiger charge is -2.46. The fourth-order valence-electron chi connectivity index (χ4n) is 6.07. The molecule has 0 unspecified atom stereocenters. The largest absolute Gasteiger partial charge is 0.444 e. The van der Waals surface area contributed by atoms with Gasteiger partial charge in [-0.2, -0.15) is 0 Å². The summed E-state index contributed by atoms with van der Waals surface area (Å²) in [7, 11) is 0. The molecule has 1 saturated carbocycles. The van der Waals surface area contributed by atoms with Crippen LogP contribution in [0, 0.1) is 5.82 Å². The monoisotopic (exact) mass is 534 g/mol. The third-order valence-corrected chi connectivity index (χ3v) is 7.95. The third-order valence-electron chi connectivity index (χ3n) is 7.95. The number of primary amides is 1. The first kappa shape index (κ1) is 25.7. The highest BCUT2D eigenvalue weighted by atomic mass is 19.1. The van der Waals surface area contributed by atoms with E-state index < -0.39 is 11.7 Å². The van der Waals surface area contributed by atoms with E-state index in [9.17, 15) is 9.18 Å². The van der Waals surface area contributed by atoms with E-state index in [1.807, 2.05) is 36.4 Å². The first-order chi connectivity index (χ1) is 19.2. The van der Waals surface area contributed by atoms with Gasteiger partial charge in [0.15, 0.2) is 0 Å². The van der Waals surface area contributed by atoms with Gasteiger partial charge in [0.2, 0.25) is 5.78 Å². The number of fused-ring (bicyclic) bond motifs is 1. The van der Waals surface area contributed by atoms with Crippen LogP contribution in [0.25, 0.3) is 39.4 Å². The van der Waals surface area contributed by atoms with Gasteiger partial charge < -0.3 is 10.5 Å². The second-order valence-electron chi connectivity index (χ2n) is 11.3. The van der Waals surface area contributed by atoms with E-state index in [4.69, 9.17) is 15.5 Å². The van der Waals surface area contributed by atoms with Gasteiger partial charge in [0, 0.05) is 22.9 Å². The summed E-state index contributed by atoms with van der Waals surface area (Å²) in [5.74, 6) is 0.290. The second kappa shape index (κ2) is 9.90. The number of halogens is 1. The maximum atomic E-state index is 13.6. The molecule has 6 rings (SSSR count). The SMILES string of the molecule is CC(C)(CC1(c2ccc(-c3nc4ncc(-c5ccc(F)cc5)n4cc3-c3ccccc3)cc2)CCC1)OC(N)=O. The zero-order valence-corrected chi connectivity index (χ0v) is 22.6. The number of rotatable bonds is 7. The zero-order valence-electron chi connectivity index (χ0n) is 22.6. The number of imidazole rings is 1. The number of amides is 1. The van der Waals surface area contributed by atoms with Crippen molar-refractivity contribution in [2.45, 2.75) is 50.5 Å². The third kappa shape index (κ3) is 4.83. The molecule has 0 atom stereocenters. The molecule has 2 heterocycles. The Hall–Kier alpha value is -4.52. The minimum absolute atomic E-state index is 0.0513. The molecule has 0 bridgehead atoms. The van der Waals surface area contributed by atoms with Crippen LogP contribution >= 0.6 is 0 Å². The molecule has 7 heteroatoms. The van der Waals surface area contributed by atoms with Crippen LogP contribution in [-0.2, 0) is 10.2 Å². The van der Waals surface area contributed by atoms with Crippen molar-refractivity contribution < 1.29 is 13.9 Å². The predicted molar refractivity (Wildman–Crippen MR) is 154 cm³/mol. The molecule has 2 N–H and O–H groups in total. The van der Waals surface area contributed by atoms with Crippen molar-refractivity contribution in [1.82, 2.24) is 14.4 Å². The first-order valence-corrected chi connectivity index (χ1v) is 13.5. The Kier molecular flexibility index (Phi) is 6.37. The van der Waals surface area contributed by atoms with Crippen molar-refractivity contribution in [2.75, 3.05) is 0 Å². The summed E-state index contributed by atoms with van der Waals surface area (Å²) >= 11 is 0. The minimum atomic E-state index is -0.744. The average molecular weight is 535 g/mol. The van der Waals surface area contributed by atoms with Crippen LogP contribution in [-0.4, -0.2) is 26.1 Å². The standard InChI is InChI=1S/C33H31FN4O2/c1-32(2,40-30(35)39)21-33(17-6-18-33)25-13-9-24(10-14-25)29-27(22-7-4-3-5-8-22)20-38-28(19-36-31(38)37-29)23-11-15-26(34)16-12-23/h3-5,7-16,19-20H,6,17-18,21H2,1-2H3,(H2,35,39). The summed E-state index contributed by atoms with van der Waals surface area (Å²) in [5, 5.41) is 0. The van der Waals surface area contributed by atoms with Crippen LogP contribution in [0.2, 0.25) is 0 Å². The number of benzene rings is 3. The Morgan fingerprint density at radius 2 is 1.65 bits per heavy atom. The molecule has 5 aromatic rings.